The number of benzene rings is 1. The monoisotopic (exact) mass is 250 g/mol. The Morgan fingerprint density at radius 3 is 2.56 bits per heavy atom. The van der Waals surface area contributed by atoms with E-state index in [1.54, 1.807) is 6.92 Å². The summed E-state index contributed by atoms with van der Waals surface area (Å²) in [7, 11) is 0. The van der Waals surface area contributed by atoms with Crippen LogP contribution >= 0.6 is 0 Å². The lowest BCUT2D eigenvalue weighted by molar-refractivity contribution is -0.145. The molecule has 5 nitrogen and oxygen atoms in total. The van der Waals surface area contributed by atoms with Crippen molar-refractivity contribution < 1.29 is 14.3 Å². The Bertz CT molecular complexity index is 392. The standard InChI is InChI=1S/C13H18N2O3/c1-2-18-12(16)8-11(13(14)17)15-9-10-6-4-3-5-7-10/h3-7,11,15H,2,8-9H2,1H3,(H2,14,17). The molecule has 0 aromatic heterocycles. The maximum absolute atomic E-state index is 11.3. The van der Waals surface area contributed by atoms with Gasteiger partial charge in [-0.15, -0.1) is 0 Å². The fourth-order valence-electron chi connectivity index (χ4n) is 1.50. The van der Waals surface area contributed by atoms with Crippen molar-refractivity contribution in [2.45, 2.75) is 25.9 Å². The fourth-order valence-corrected chi connectivity index (χ4v) is 1.50. The number of rotatable bonds is 7. The molecule has 1 rings (SSSR count). The van der Waals surface area contributed by atoms with E-state index in [1.807, 2.05) is 30.3 Å². The van der Waals surface area contributed by atoms with Crippen molar-refractivity contribution in [3.05, 3.63) is 35.9 Å². The molecule has 0 radical (unpaired) electrons. The van der Waals surface area contributed by atoms with Crippen LogP contribution in [0.5, 0.6) is 0 Å². The Balaban J connectivity index is 2.48. The first-order valence-corrected chi connectivity index (χ1v) is 5.85. The third-order valence-electron chi connectivity index (χ3n) is 2.41. The van der Waals surface area contributed by atoms with Crippen LogP contribution in [0.15, 0.2) is 30.3 Å². The lowest BCUT2D eigenvalue weighted by Gasteiger charge is -2.14. The normalized spacial score (nSPS) is 11.8. The summed E-state index contributed by atoms with van der Waals surface area (Å²) >= 11 is 0. The number of carbonyl (C=O) groups excluding carboxylic acids is 2. The van der Waals surface area contributed by atoms with Gasteiger partial charge in [0, 0.05) is 6.54 Å². The molecule has 1 unspecified atom stereocenters. The second kappa shape index (κ2) is 7.45. The van der Waals surface area contributed by atoms with E-state index in [-0.39, 0.29) is 6.42 Å². The van der Waals surface area contributed by atoms with Crippen LogP contribution in [0.4, 0.5) is 0 Å². The quantitative estimate of drug-likeness (QED) is 0.694. The van der Waals surface area contributed by atoms with Crippen molar-refractivity contribution in [2.75, 3.05) is 6.61 Å². The topological polar surface area (TPSA) is 81.4 Å². The second-order valence-corrected chi connectivity index (χ2v) is 3.83. The Labute approximate surface area is 106 Å². The van der Waals surface area contributed by atoms with Crippen LogP contribution in [0.3, 0.4) is 0 Å². The van der Waals surface area contributed by atoms with Gasteiger partial charge < -0.3 is 15.8 Å². The van der Waals surface area contributed by atoms with Crippen molar-refractivity contribution in [1.29, 1.82) is 0 Å². The highest BCUT2D eigenvalue weighted by Crippen LogP contribution is 2.01. The minimum Gasteiger partial charge on any atom is -0.466 e. The summed E-state index contributed by atoms with van der Waals surface area (Å²) < 4.78 is 4.79. The van der Waals surface area contributed by atoms with E-state index in [0.717, 1.165) is 5.56 Å². The number of amides is 1. The summed E-state index contributed by atoms with van der Waals surface area (Å²) in [4.78, 5) is 22.5. The highest BCUT2D eigenvalue weighted by Gasteiger charge is 2.19. The molecule has 0 aliphatic rings. The van der Waals surface area contributed by atoms with Gasteiger partial charge in [-0.05, 0) is 12.5 Å². The lowest BCUT2D eigenvalue weighted by atomic mass is 10.1. The molecular weight excluding hydrogens is 232 g/mol. The highest BCUT2D eigenvalue weighted by atomic mass is 16.5. The lowest BCUT2D eigenvalue weighted by Crippen LogP contribution is -2.42. The molecule has 0 fully saturated rings. The van der Waals surface area contributed by atoms with Gasteiger partial charge >= 0.3 is 5.97 Å². The van der Waals surface area contributed by atoms with Crippen molar-refractivity contribution in [3.8, 4) is 0 Å². The number of esters is 1. The Hall–Kier alpha value is -1.88. The zero-order valence-electron chi connectivity index (χ0n) is 10.4. The van der Waals surface area contributed by atoms with Gasteiger partial charge in [0.2, 0.25) is 5.91 Å². The van der Waals surface area contributed by atoms with E-state index in [1.165, 1.54) is 0 Å². The van der Waals surface area contributed by atoms with Gasteiger partial charge in [0.15, 0.2) is 0 Å². The van der Waals surface area contributed by atoms with Crippen molar-refractivity contribution in [2.24, 2.45) is 5.73 Å². The molecule has 0 saturated carbocycles. The average Bonchev–Trinajstić information content (AvgIpc) is 2.35. The SMILES string of the molecule is CCOC(=O)CC(NCc1ccccc1)C(N)=O. The van der Waals surface area contributed by atoms with E-state index in [4.69, 9.17) is 10.5 Å². The number of nitrogens with two attached hydrogens (primary N) is 1. The van der Waals surface area contributed by atoms with Crippen molar-refractivity contribution in [3.63, 3.8) is 0 Å². The van der Waals surface area contributed by atoms with E-state index >= 15 is 0 Å². The molecule has 3 N–H and O–H groups in total. The first-order valence-electron chi connectivity index (χ1n) is 5.85. The van der Waals surface area contributed by atoms with E-state index in [0.29, 0.717) is 13.2 Å². The predicted octanol–water partition coefficient (Wildman–Crippen LogP) is 0.583. The Morgan fingerprint density at radius 1 is 1.33 bits per heavy atom. The zero-order chi connectivity index (χ0) is 13.4. The number of carbonyl (C=O) groups is 2. The molecule has 5 heteroatoms. The predicted molar refractivity (Wildman–Crippen MR) is 67.5 cm³/mol. The molecule has 1 amide bonds. The highest BCUT2D eigenvalue weighted by molar-refractivity contribution is 5.85. The summed E-state index contributed by atoms with van der Waals surface area (Å²) in [5.74, 6) is -0.985. The molecule has 0 bridgehead atoms. The molecule has 0 heterocycles. The summed E-state index contributed by atoms with van der Waals surface area (Å²) in [6, 6.07) is 8.87. The smallest absolute Gasteiger partial charge is 0.307 e. The summed E-state index contributed by atoms with van der Waals surface area (Å²) in [5.41, 5.74) is 6.26. The van der Waals surface area contributed by atoms with Crippen LogP contribution in [0.25, 0.3) is 0 Å². The summed E-state index contributed by atoms with van der Waals surface area (Å²) in [6.45, 7) is 2.49. The van der Waals surface area contributed by atoms with Crippen LogP contribution in [-0.4, -0.2) is 24.5 Å². The van der Waals surface area contributed by atoms with Gasteiger partial charge in [-0.2, -0.15) is 0 Å². The molecular formula is C13H18N2O3. The molecule has 98 valence electrons. The fraction of sp³-hybridized carbons (Fsp3) is 0.385. The number of ether oxygens (including phenoxy) is 1. The molecule has 1 atom stereocenters. The minimum absolute atomic E-state index is 0.0456. The van der Waals surface area contributed by atoms with Gasteiger partial charge in [0.1, 0.15) is 0 Å². The van der Waals surface area contributed by atoms with Gasteiger partial charge in [-0.25, -0.2) is 0 Å². The Kier molecular flexibility index (Phi) is 5.87. The summed E-state index contributed by atoms with van der Waals surface area (Å²) in [6.07, 6.45) is -0.0456. The average molecular weight is 250 g/mol. The van der Waals surface area contributed by atoms with Gasteiger partial charge in [0.25, 0.3) is 0 Å². The molecule has 0 spiro atoms. The first kappa shape index (κ1) is 14.2. The maximum atomic E-state index is 11.3. The number of hydrogen-bond donors (Lipinski definition) is 2. The van der Waals surface area contributed by atoms with Gasteiger partial charge in [-0.1, -0.05) is 30.3 Å². The van der Waals surface area contributed by atoms with Crippen LogP contribution in [0.1, 0.15) is 18.9 Å². The number of primary amides is 1. The third kappa shape index (κ3) is 4.97. The largest absolute Gasteiger partial charge is 0.466 e. The van der Waals surface area contributed by atoms with Crippen LogP contribution < -0.4 is 11.1 Å². The van der Waals surface area contributed by atoms with Crippen molar-refractivity contribution >= 4 is 11.9 Å². The molecule has 0 aliphatic carbocycles. The third-order valence-corrected chi connectivity index (χ3v) is 2.41. The van der Waals surface area contributed by atoms with Crippen LogP contribution in [-0.2, 0) is 20.9 Å². The zero-order valence-corrected chi connectivity index (χ0v) is 10.4. The molecule has 0 saturated heterocycles. The van der Waals surface area contributed by atoms with Gasteiger partial charge in [0.05, 0.1) is 19.1 Å². The van der Waals surface area contributed by atoms with E-state index in [2.05, 4.69) is 5.32 Å². The van der Waals surface area contributed by atoms with Gasteiger partial charge in [-0.3, -0.25) is 9.59 Å². The second-order valence-electron chi connectivity index (χ2n) is 3.83. The molecule has 1 aromatic carbocycles. The molecule has 1 aromatic rings. The van der Waals surface area contributed by atoms with Crippen molar-refractivity contribution in [1.82, 2.24) is 5.32 Å². The molecule has 18 heavy (non-hydrogen) atoms. The van der Waals surface area contributed by atoms with E-state index < -0.39 is 17.9 Å². The Morgan fingerprint density at radius 2 is 2.00 bits per heavy atom. The minimum atomic E-state index is -0.704. The first-order chi connectivity index (χ1) is 8.63. The number of nitrogens with one attached hydrogen (secondary N) is 1. The number of hydrogen-bond acceptors (Lipinski definition) is 4. The van der Waals surface area contributed by atoms with E-state index in [9.17, 15) is 9.59 Å². The summed E-state index contributed by atoms with van der Waals surface area (Å²) in [5, 5.41) is 2.95. The maximum Gasteiger partial charge on any atom is 0.307 e. The van der Waals surface area contributed by atoms with Crippen LogP contribution in [0.2, 0.25) is 0 Å². The van der Waals surface area contributed by atoms with Crippen LogP contribution in [0, 0.1) is 0 Å². The molecule has 0 aliphatic heterocycles.